The molecule has 1 saturated heterocycles. The van der Waals surface area contributed by atoms with Gasteiger partial charge in [-0.2, -0.15) is 0 Å². The summed E-state index contributed by atoms with van der Waals surface area (Å²) in [6, 6.07) is 14.3. The van der Waals surface area contributed by atoms with E-state index in [1.807, 2.05) is 17.5 Å². The summed E-state index contributed by atoms with van der Waals surface area (Å²) in [5.74, 6) is 0.975. The molecule has 2 heterocycles. The molecule has 150 valence electrons. The molecule has 3 rings (SSSR count). The molecular weight excluding hydrogens is 370 g/mol. The first kappa shape index (κ1) is 20.2. The van der Waals surface area contributed by atoms with Gasteiger partial charge in [0.2, 0.25) is 0 Å². The van der Waals surface area contributed by atoms with Crippen LogP contribution in [-0.4, -0.2) is 62.6 Å². The lowest BCUT2D eigenvalue weighted by atomic mass is 10.2. The molecule has 2 N–H and O–H groups in total. The number of nitrogens with zero attached hydrogens (tertiary/aromatic N) is 3. The Bertz CT molecular complexity index is 739. The molecule has 0 unspecified atom stereocenters. The summed E-state index contributed by atoms with van der Waals surface area (Å²) in [5, 5.41) is 8.27. The number of amides is 1. The number of hydrogen-bond acceptors (Lipinski definition) is 4. The topological polar surface area (TPSA) is 60.0 Å². The second kappa shape index (κ2) is 10.7. The maximum Gasteiger partial charge on any atom is 0.261 e. The van der Waals surface area contributed by atoms with Crippen molar-refractivity contribution in [3.05, 3.63) is 52.7 Å². The fourth-order valence-electron chi connectivity index (χ4n) is 3.20. The van der Waals surface area contributed by atoms with Crippen LogP contribution in [0.1, 0.15) is 23.0 Å². The lowest BCUT2D eigenvalue weighted by molar-refractivity contribution is 0.0957. The standard InChI is InChI=1S/C21H29N5OS/c1-2-22-21(24-12-7-11-23-20(27)19-10-6-17-28-19)26-15-13-25(14-16-26)18-8-4-3-5-9-18/h3-6,8-10,17H,2,7,11-16H2,1H3,(H,22,24)(H,23,27). The van der Waals surface area contributed by atoms with E-state index in [0.29, 0.717) is 13.1 Å². The van der Waals surface area contributed by atoms with Gasteiger partial charge in [0, 0.05) is 51.5 Å². The summed E-state index contributed by atoms with van der Waals surface area (Å²) in [4.78, 5) is 22.2. The first-order valence-electron chi connectivity index (χ1n) is 9.93. The average molecular weight is 400 g/mol. The zero-order valence-electron chi connectivity index (χ0n) is 16.4. The Kier molecular flexibility index (Phi) is 7.72. The smallest absolute Gasteiger partial charge is 0.261 e. The predicted octanol–water partition coefficient (Wildman–Crippen LogP) is 2.66. The number of piperazine rings is 1. The average Bonchev–Trinajstić information content (AvgIpc) is 3.28. The van der Waals surface area contributed by atoms with E-state index in [4.69, 9.17) is 4.99 Å². The summed E-state index contributed by atoms with van der Waals surface area (Å²) in [6.45, 7) is 8.18. The molecule has 1 aliphatic heterocycles. The third-order valence-electron chi connectivity index (χ3n) is 4.66. The summed E-state index contributed by atoms with van der Waals surface area (Å²) in [7, 11) is 0. The van der Waals surface area contributed by atoms with E-state index in [0.717, 1.165) is 50.0 Å². The van der Waals surface area contributed by atoms with Crippen molar-refractivity contribution in [3.8, 4) is 0 Å². The van der Waals surface area contributed by atoms with Crippen LogP contribution in [0.25, 0.3) is 0 Å². The van der Waals surface area contributed by atoms with Gasteiger partial charge in [0.1, 0.15) is 0 Å². The minimum Gasteiger partial charge on any atom is -0.368 e. The molecule has 0 aliphatic carbocycles. The third-order valence-corrected chi connectivity index (χ3v) is 5.53. The van der Waals surface area contributed by atoms with Crippen LogP contribution in [0, 0.1) is 0 Å². The van der Waals surface area contributed by atoms with E-state index >= 15 is 0 Å². The number of carbonyl (C=O) groups excluding carboxylic acids is 1. The minimum absolute atomic E-state index is 0.00270. The molecular formula is C21H29N5OS. The molecule has 1 aromatic heterocycles. The highest BCUT2D eigenvalue weighted by molar-refractivity contribution is 7.12. The molecule has 0 saturated carbocycles. The van der Waals surface area contributed by atoms with Crippen molar-refractivity contribution in [3.63, 3.8) is 0 Å². The van der Waals surface area contributed by atoms with Crippen LogP contribution in [0.2, 0.25) is 0 Å². The Morgan fingerprint density at radius 1 is 1.07 bits per heavy atom. The van der Waals surface area contributed by atoms with Gasteiger partial charge in [-0.15, -0.1) is 11.3 Å². The van der Waals surface area contributed by atoms with Crippen LogP contribution in [-0.2, 0) is 0 Å². The van der Waals surface area contributed by atoms with Crippen LogP contribution in [0.3, 0.4) is 0 Å². The van der Waals surface area contributed by atoms with Crippen molar-refractivity contribution in [2.24, 2.45) is 4.99 Å². The van der Waals surface area contributed by atoms with Gasteiger partial charge in [0.25, 0.3) is 5.91 Å². The number of hydrogen-bond donors (Lipinski definition) is 2. The second-order valence-corrected chi connectivity index (χ2v) is 7.58. The fraction of sp³-hybridized carbons (Fsp3) is 0.429. The summed E-state index contributed by atoms with van der Waals surface area (Å²) in [6.07, 6.45) is 0.829. The van der Waals surface area contributed by atoms with Crippen molar-refractivity contribution < 1.29 is 4.79 Å². The molecule has 0 radical (unpaired) electrons. The maximum absolute atomic E-state index is 11.9. The van der Waals surface area contributed by atoms with Crippen LogP contribution in [0.5, 0.6) is 0 Å². The van der Waals surface area contributed by atoms with Gasteiger partial charge in [-0.25, -0.2) is 0 Å². The van der Waals surface area contributed by atoms with Gasteiger partial charge in [-0.3, -0.25) is 9.79 Å². The first-order chi connectivity index (χ1) is 13.8. The van der Waals surface area contributed by atoms with Crippen molar-refractivity contribution in [2.45, 2.75) is 13.3 Å². The van der Waals surface area contributed by atoms with Gasteiger partial charge in [-0.05, 0) is 36.9 Å². The molecule has 1 fully saturated rings. The Hall–Kier alpha value is -2.54. The van der Waals surface area contributed by atoms with E-state index in [1.54, 1.807) is 0 Å². The SMILES string of the molecule is CCNC(=NCCCNC(=O)c1cccs1)N1CCN(c2ccccc2)CC1. The summed E-state index contributed by atoms with van der Waals surface area (Å²) in [5.41, 5.74) is 1.28. The molecule has 1 amide bonds. The van der Waals surface area contributed by atoms with Crippen molar-refractivity contribution >= 4 is 28.9 Å². The van der Waals surface area contributed by atoms with E-state index in [9.17, 15) is 4.79 Å². The van der Waals surface area contributed by atoms with Crippen LogP contribution >= 0.6 is 11.3 Å². The van der Waals surface area contributed by atoms with Crippen molar-refractivity contribution in [2.75, 3.05) is 50.7 Å². The molecule has 2 aromatic rings. The van der Waals surface area contributed by atoms with E-state index in [-0.39, 0.29) is 5.91 Å². The van der Waals surface area contributed by atoms with Crippen LogP contribution in [0.4, 0.5) is 5.69 Å². The number of thiophene rings is 1. The van der Waals surface area contributed by atoms with E-state index < -0.39 is 0 Å². The molecule has 28 heavy (non-hydrogen) atoms. The van der Waals surface area contributed by atoms with Crippen molar-refractivity contribution in [1.82, 2.24) is 15.5 Å². The third kappa shape index (κ3) is 5.73. The number of benzene rings is 1. The van der Waals surface area contributed by atoms with E-state index in [2.05, 4.69) is 57.7 Å². The normalized spacial score (nSPS) is 14.8. The molecule has 0 spiro atoms. The highest BCUT2D eigenvalue weighted by Crippen LogP contribution is 2.15. The number of carbonyl (C=O) groups is 1. The van der Waals surface area contributed by atoms with Gasteiger partial charge >= 0.3 is 0 Å². The monoisotopic (exact) mass is 399 g/mol. The highest BCUT2D eigenvalue weighted by atomic mass is 32.1. The molecule has 0 atom stereocenters. The molecule has 7 heteroatoms. The fourth-order valence-corrected chi connectivity index (χ4v) is 3.84. The molecule has 1 aromatic carbocycles. The van der Waals surface area contributed by atoms with Gasteiger partial charge in [0.15, 0.2) is 5.96 Å². The minimum atomic E-state index is 0.00270. The highest BCUT2D eigenvalue weighted by Gasteiger charge is 2.19. The Morgan fingerprint density at radius 2 is 1.86 bits per heavy atom. The number of aliphatic imine (C=N–C) groups is 1. The molecule has 6 nitrogen and oxygen atoms in total. The Balaban J connectivity index is 1.43. The van der Waals surface area contributed by atoms with Crippen LogP contribution in [0.15, 0.2) is 52.8 Å². The number of para-hydroxylation sites is 1. The van der Waals surface area contributed by atoms with Gasteiger partial charge in [0.05, 0.1) is 4.88 Å². The zero-order chi connectivity index (χ0) is 19.6. The Morgan fingerprint density at radius 3 is 2.54 bits per heavy atom. The molecule has 0 bridgehead atoms. The Labute approximate surface area is 171 Å². The van der Waals surface area contributed by atoms with Gasteiger partial charge < -0.3 is 20.4 Å². The van der Waals surface area contributed by atoms with Crippen LogP contribution < -0.4 is 15.5 Å². The maximum atomic E-state index is 11.9. The van der Waals surface area contributed by atoms with E-state index in [1.165, 1.54) is 17.0 Å². The predicted molar refractivity (Wildman–Crippen MR) is 117 cm³/mol. The quantitative estimate of drug-likeness (QED) is 0.427. The number of nitrogens with one attached hydrogen (secondary N) is 2. The second-order valence-electron chi connectivity index (χ2n) is 6.63. The summed E-state index contributed by atoms with van der Waals surface area (Å²) < 4.78 is 0. The zero-order valence-corrected chi connectivity index (χ0v) is 17.3. The van der Waals surface area contributed by atoms with Gasteiger partial charge in [-0.1, -0.05) is 24.3 Å². The summed E-state index contributed by atoms with van der Waals surface area (Å²) >= 11 is 1.46. The number of anilines is 1. The largest absolute Gasteiger partial charge is 0.368 e. The lowest BCUT2D eigenvalue weighted by Gasteiger charge is -2.37. The molecule has 1 aliphatic rings. The first-order valence-corrected chi connectivity index (χ1v) is 10.8. The number of rotatable bonds is 7. The van der Waals surface area contributed by atoms with Crippen molar-refractivity contribution in [1.29, 1.82) is 0 Å². The number of guanidine groups is 1. The lowest BCUT2D eigenvalue weighted by Crippen LogP contribution is -2.52.